The number of hydrogen-bond donors (Lipinski definition) is 2. The van der Waals surface area contributed by atoms with Crippen molar-refractivity contribution in [1.82, 2.24) is 20.1 Å². The first-order chi connectivity index (χ1) is 10.7. The fraction of sp³-hybridized carbons (Fsp3) is 0.250. The van der Waals surface area contributed by atoms with Crippen molar-refractivity contribution in [1.29, 1.82) is 0 Å². The minimum atomic E-state index is -0.283. The molecule has 0 unspecified atom stereocenters. The van der Waals surface area contributed by atoms with E-state index in [4.69, 9.17) is 11.6 Å². The molecule has 0 aliphatic rings. The lowest BCUT2D eigenvalue weighted by molar-refractivity contribution is -0.124. The van der Waals surface area contributed by atoms with Gasteiger partial charge in [0.1, 0.15) is 6.04 Å². The molecular formula is C16H17ClN4O. The molecule has 0 aliphatic heterocycles. The lowest BCUT2D eigenvalue weighted by Gasteiger charge is -2.15. The Bertz CT molecular complexity index is 779. The third-order valence-electron chi connectivity index (χ3n) is 3.63. The van der Waals surface area contributed by atoms with E-state index in [1.165, 1.54) is 0 Å². The van der Waals surface area contributed by atoms with Crippen molar-refractivity contribution in [3.8, 4) is 0 Å². The van der Waals surface area contributed by atoms with Crippen molar-refractivity contribution in [3.63, 3.8) is 0 Å². The Labute approximate surface area is 133 Å². The van der Waals surface area contributed by atoms with E-state index in [2.05, 4.69) is 15.4 Å². The summed E-state index contributed by atoms with van der Waals surface area (Å²) in [5.74, 6) is -0.0390. The van der Waals surface area contributed by atoms with E-state index in [0.29, 0.717) is 18.0 Å². The molecule has 1 aromatic carbocycles. The summed E-state index contributed by atoms with van der Waals surface area (Å²) in [5.41, 5.74) is 1.95. The molecule has 22 heavy (non-hydrogen) atoms. The molecule has 1 atom stereocenters. The van der Waals surface area contributed by atoms with Gasteiger partial charge in [-0.1, -0.05) is 18.5 Å². The smallest absolute Gasteiger partial charge is 0.245 e. The summed E-state index contributed by atoms with van der Waals surface area (Å²) in [7, 11) is 0. The maximum Gasteiger partial charge on any atom is 0.245 e. The van der Waals surface area contributed by atoms with Crippen LogP contribution in [0.4, 0.5) is 0 Å². The molecule has 114 valence electrons. The van der Waals surface area contributed by atoms with E-state index in [-0.39, 0.29) is 11.9 Å². The van der Waals surface area contributed by atoms with E-state index < -0.39 is 0 Å². The molecule has 2 aromatic heterocycles. The first kappa shape index (κ1) is 14.7. The molecule has 0 saturated carbocycles. The number of aromatic amines is 1. The Kier molecular flexibility index (Phi) is 4.15. The van der Waals surface area contributed by atoms with Gasteiger partial charge in [0.05, 0.1) is 6.54 Å². The maximum atomic E-state index is 12.3. The van der Waals surface area contributed by atoms with Gasteiger partial charge in [0.25, 0.3) is 0 Å². The first-order valence-corrected chi connectivity index (χ1v) is 7.59. The van der Waals surface area contributed by atoms with Crippen molar-refractivity contribution in [2.45, 2.75) is 25.9 Å². The topological polar surface area (TPSA) is 62.7 Å². The van der Waals surface area contributed by atoms with Gasteiger partial charge in [-0.05, 0) is 36.8 Å². The second kappa shape index (κ2) is 6.23. The molecule has 6 heteroatoms. The molecule has 0 radical (unpaired) electrons. The van der Waals surface area contributed by atoms with Crippen LogP contribution in [0.25, 0.3) is 10.9 Å². The number of aromatic nitrogens is 3. The third kappa shape index (κ3) is 2.99. The zero-order valence-electron chi connectivity index (χ0n) is 12.2. The van der Waals surface area contributed by atoms with Gasteiger partial charge in [0.15, 0.2) is 0 Å². The Hall–Kier alpha value is -2.27. The second-order valence-electron chi connectivity index (χ2n) is 5.15. The van der Waals surface area contributed by atoms with Gasteiger partial charge in [-0.2, -0.15) is 5.10 Å². The van der Waals surface area contributed by atoms with Gasteiger partial charge in [0.2, 0.25) is 5.91 Å². The average molecular weight is 317 g/mol. The van der Waals surface area contributed by atoms with Crippen molar-refractivity contribution < 1.29 is 4.79 Å². The Morgan fingerprint density at radius 1 is 1.45 bits per heavy atom. The van der Waals surface area contributed by atoms with E-state index >= 15 is 0 Å². The normalized spacial score (nSPS) is 12.5. The molecule has 0 spiro atoms. The lowest BCUT2D eigenvalue weighted by Crippen LogP contribution is -2.32. The molecule has 2 heterocycles. The van der Waals surface area contributed by atoms with Crippen LogP contribution in [-0.4, -0.2) is 20.7 Å². The minimum absolute atomic E-state index is 0.0390. The van der Waals surface area contributed by atoms with E-state index in [1.54, 1.807) is 17.1 Å². The lowest BCUT2D eigenvalue weighted by atomic mass is 10.2. The summed E-state index contributed by atoms with van der Waals surface area (Å²) in [5, 5.41) is 8.83. The predicted molar refractivity (Wildman–Crippen MR) is 86.7 cm³/mol. The monoisotopic (exact) mass is 316 g/mol. The molecule has 1 amide bonds. The van der Waals surface area contributed by atoms with Crippen molar-refractivity contribution in [3.05, 3.63) is 53.4 Å². The van der Waals surface area contributed by atoms with E-state index in [1.807, 2.05) is 37.3 Å². The van der Waals surface area contributed by atoms with Crippen LogP contribution >= 0.6 is 11.6 Å². The van der Waals surface area contributed by atoms with Crippen LogP contribution in [-0.2, 0) is 11.3 Å². The zero-order valence-corrected chi connectivity index (χ0v) is 13.0. The highest BCUT2D eigenvalue weighted by Gasteiger charge is 2.18. The number of nitrogens with one attached hydrogen (secondary N) is 2. The van der Waals surface area contributed by atoms with Crippen LogP contribution in [0.2, 0.25) is 5.02 Å². The molecule has 0 bridgehead atoms. The van der Waals surface area contributed by atoms with Crippen LogP contribution in [0.1, 0.15) is 25.1 Å². The standard InChI is InChI=1S/C16H17ClN4O/c1-2-15(21-7-3-6-19-21)16(22)18-10-13-9-11-8-12(17)4-5-14(11)20-13/h3-9,15,20H,2,10H2,1H3,(H,18,22)/t15-/m1/s1. The van der Waals surface area contributed by atoms with Crippen LogP contribution in [0, 0.1) is 0 Å². The van der Waals surface area contributed by atoms with Gasteiger partial charge in [-0.25, -0.2) is 0 Å². The van der Waals surface area contributed by atoms with Crippen molar-refractivity contribution in [2.75, 3.05) is 0 Å². The van der Waals surface area contributed by atoms with Crippen LogP contribution in [0.15, 0.2) is 42.7 Å². The zero-order chi connectivity index (χ0) is 15.5. The number of benzene rings is 1. The number of amides is 1. The fourth-order valence-electron chi connectivity index (χ4n) is 2.52. The van der Waals surface area contributed by atoms with Crippen molar-refractivity contribution >= 4 is 28.4 Å². The second-order valence-corrected chi connectivity index (χ2v) is 5.59. The highest BCUT2D eigenvalue weighted by atomic mass is 35.5. The summed E-state index contributed by atoms with van der Waals surface area (Å²) in [6.45, 7) is 2.42. The number of H-pyrrole nitrogens is 1. The highest BCUT2D eigenvalue weighted by Crippen LogP contribution is 2.20. The quantitative estimate of drug-likeness (QED) is 0.758. The largest absolute Gasteiger partial charge is 0.357 e. The van der Waals surface area contributed by atoms with Crippen LogP contribution in [0.5, 0.6) is 0 Å². The fourth-order valence-corrected chi connectivity index (χ4v) is 2.70. The number of halogens is 1. The maximum absolute atomic E-state index is 12.3. The first-order valence-electron chi connectivity index (χ1n) is 7.21. The number of carbonyl (C=O) groups is 1. The van der Waals surface area contributed by atoms with Crippen LogP contribution in [0.3, 0.4) is 0 Å². The van der Waals surface area contributed by atoms with Crippen molar-refractivity contribution in [2.24, 2.45) is 0 Å². The summed E-state index contributed by atoms with van der Waals surface area (Å²) in [4.78, 5) is 15.6. The molecule has 0 fully saturated rings. The van der Waals surface area contributed by atoms with Gasteiger partial charge in [-0.3, -0.25) is 9.48 Å². The summed E-state index contributed by atoms with van der Waals surface area (Å²) in [6, 6.07) is 9.20. The number of rotatable bonds is 5. The highest BCUT2D eigenvalue weighted by molar-refractivity contribution is 6.31. The minimum Gasteiger partial charge on any atom is -0.357 e. The SMILES string of the molecule is CC[C@H](C(=O)NCc1cc2cc(Cl)ccc2[nH]1)n1cccn1. The van der Waals surface area contributed by atoms with Gasteiger partial charge < -0.3 is 10.3 Å². The molecular weight excluding hydrogens is 300 g/mol. The van der Waals surface area contributed by atoms with E-state index in [9.17, 15) is 4.79 Å². The Morgan fingerprint density at radius 2 is 2.32 bits per heavy atom. The number of fused-ring (bicyclic) bond motifs is 1. The summed E-state index contributed by atoms with van der Waals surface area (Å²) in [6.07, 6.45) is 4.17. The van der Waals surface area contributed by atoms with Gasteiger partial charge in [-0.15, -0.1) is 0 Å². The Balaban J connectivity index is 1.69. The van der Waals surface area contributed by atoms with Gasteiger partial charge >= 0.3 is 0 Å². The number of carbonyl (C=O) groups excluding carboxylic acids is 1. The Morgan fingerprint density at radius 3 is 3.05 bits per heavy atom. The summed E-state index contributed by atoms with van der Waals surface area (Å²) >= 11 is 5.98. The molecule has 5 nitrogen and oxygen atoms in total. The molecule has 0 aliphatic carbocycles. The van der Waals surface area contributed by atoms with E-state index in [0.717, 1.165) is 16.6 Å². The summed E-state index contributed by atoms with van der Waals surface area (Å²) < 4.78 is 1.68. The molecule has 0 saturated heterocycles. The number of nitrogens with zero attached hydrogens (tertiary/aromatic N) is 2. The predicted octanol–water partition coefficient (Wildman–Crippen LogP) is 3.29. The van der Waals surface area contributed by atoms with Gasteiger partial charge in [0, 0.05) is 34.0 Å². The molecule has 2 N–H and O–H groups in total. The number of hydrogen-bond acceptors (Lipinski definition) is 2. The third-order valence-corrected chi connectivity index (χ3v) is 3.86. The average Bonchev–Trinajstić information content (AvgIpc) is 3.14. The molecule has 3 aromatic rings. The molecule has 3 rings (SSSR count). The van der Waals surface area contributed by atoms with Crippen LogP contribution < -0.4 is 5.32 Å².